The lowest BCUT2D eigenvalue weighted by Gasteiger charge is -1.97. The third-order valence-corrected chi connectivity index (χ3v) is 3.64. The number of hydrogen-bond donors (Lipinski definition) is 0. The van der Waals surface area contributed by atoms with Crippen molar-refractivity contribution in [2.45, 2.75) is 28.2 Å². The molecule has 2 rings (SSSR count). The first-order chi connectivity index (χ1) is 10.7. The maximum atomic E-state index is 2.61. The van der Waals surface area contributed by atoms with Gasteiger partial charge in [-0.15, -0.1) is 18.5 Å². The molecule has 0 aromatic heterocycles. The van der Waals surface area contributed by atoms with Crippen LogP contribution >= 0.6 is 18.5 Å². The summed E-state index contributed by atoms with van der Waals surface area (Å²) in [4.78, 5) is 0. The molecule has 0 aliphatic rings. The molecule has 2 aromatic carbocycles. The summed E-state index contributed by atoms with van der Waals surface area (Å²) in [7, 11) is 5.02. The summed E-state index contributed by atoms with van der Waals surface area (Å²) in [5, 5.41) is 0. The standard InChI is InChI=1S/C10H12.C9H11P.CH5P.CH4/c1-3-9(2)10-7-5-4-6-8-10;1-8(7-10)9-5-3-2-4-6-9;1-2;/h3-8H,1-2H3;2-7H,10H2,1H3;2H2,1H3;1H4. The van der Waals surface area contributed by atoms with Crippen LogP contribution in [0.5, 0.6) is 0 Å². The Bertz CT molecular complexity index is 501. The van der Waals surface area contributed by atoms with E-state index in [2.05, 4.69) is 81.7 Å². The van der Waals surface area contributed by atoms with Crippen LogP contribution in [0.25, 0.3) is 11.1 Å². The molecule has 2 heteroatoms. The van der Waals surface area contributed by atoms with Crippen molar-refractivity contribution in [1.29, 1.82) is 0 Å². The summed E-state index contributed by atoms with van der Waals surface area (Å²) < 4.78 is 0. The van der Waals surface area contributed by atoms with Crippen molar-refractivity contribution < 1.29 is 0 Å². The molecular formula is C21H32P2. The Morgan fingerprint density at radius 1 is 0.739 bits per heavy atom. The fourth-order valence-electron chi connectivity index (χ4n) is 1.66. The highest BCUT2D eigenvalue weighted by atomic mass is 31.0. The minimum absolute atomic E-state index is 0. The van der Waals surface area contributed by atoms with Gasteiger partial charge in [-0.25, -0.2) is 0 Å². The van der Waals surface area contributed by atoms with Gasteiger partial charge in [0.05, 0.1) is 0 Å². The van der Waals surface area contributed by atoms with Gasteiger partial charge in [0.25, 0.3) is 0 Å². The Labute approximate surface area is 148 Å². The van der Waals surface area contributed by atoms with Crippen molar-refractivity contribution >= 4 is 29.6 Å². The smallest absolute Gasteiger partial charge is 0.0227 e. The summed E-state index contributed by atoms with van der Waals surface area (Å²) in [6.07, 6.45) is 2.12. The molecule has 2 unspecified atom stereocenters. The third-order valence-electron chi connectivity index (χ3n) is 3.14. The molecular weight excluding hydrogens is 314 g/mol. The second-order valence-electron chi connectivity index (χ2n) is 4.55. The van der Waals surface area contributed by atoms with Gasteiger partial charge in [-0.05, 0) is 43.0 Å². The van der Waals surface area contributed by atoms with Crippen LogP contribution in [-0.4, -0.2) is 6.66 Å². The van der Waals surface area contributed by atoms with Crippen molar-refractivity contribution in [2.24, 2.45) is 0 Å². The zero-order valence-electron chi connectivity index (χ0n) is 14.1. The molecule has 0 amide bonds. The van der Waals surface area contributed by atoms with Gasteiger partial charge >= 0.3 is 0 Å². The summed E-state index contributed by atoms with van der Waals surface area (Å²) in [6, 6.07) is 20.7. The van der Waals surface area contributed by atoms with Gasteiger partial charge in [-0.1, -0.05) is 86.6 Å². The van der Waals surface area contributed by atoms with Crippen molar-refractivity contribution in [2.75, 3.05) is 6.66 Å². The lowest BCUT2D eigenvalue weighted by atomic mass is 10.1. The van der Waals surface area contributed by atoms with Crippen LogP contribution in [0.1, 0.15) is 39.3 Å². The number of benzene rings is 2. The van der Waals surface area contributed by atoms with E-state index in [1.807, 2.05) is 36.7 Å². The van der Waals surface area contributed by atoms with E-state index in [1.54, 1.807) is 0 Å². The molecule has 0 heterocycles. The second kappa shape index (κ2) is 15.7. The van der Waals surface area contributed by atoms with Crippen LogP contribution in [0.4, 0.5) is 0 Å². The van der Waals surface area contributed by atoms with E-state index in [9.17, 15) is 0 Å². The van der Waals surface area contributed by atoms with E-state index in [4.69, 9.17) is 0 Å². The number of allylic oxidation sites excluding steroid dienone is 3. The quantitative estimate of drug-likeness (QED) is 0.506. The first kappa shape index (κ1) is 24.0. The molecule has 0 bridgehead atoms. The molecule has 0 aliphatic carbocycles. The Morgan fingerprint density at radius 2 is 1.09 bits per heavy atom. The highest BCUT2D eigenvalue weighted by Gasteiger charge is 1.89. The van der Waals surface area contributed by atoms with Crippen LogP contribution in [0.2, 0.25) is 0 Å². The maximum Gasteiger partial charge on any atom is -0.0227 e. The zero-order valence-corrected chi connectivity index (χ0v) is 16.4. The molecule has 126 valence electrons. The normalized spacial score (nSPS) is 10.3. The molecule has 0 N–H and O–H groups in total. The topological polar surface area (TPSA) is 0 Å². The van der Waals surface area contributed by atoms with Gasteiger partial charge in [0, 0.05) is 0 Å². The Balaban J connectivity index is 0. The predicted octanol–water partition coefficient (Wildman–Crippen LogP) is 7.16. The van der Waals surface area contributed by atoms with Crippen LogP contribution in [0.15, 0.2) is 72.6 Å². The van der Waals surface area contributed by atoms with Crippen LogP contribution in [0, 0.1) is 0 Å². The van der Waals surface area contributed by atoms with E-state index in [0.717, 1.165) is 0 Å². The average molecular weight is 346 g/mol. The van der Waals surface area contributed by atoms with Gasteiger partial charge in [0.1, 0.15) is 0 Å². The summed E-state index contributed by atoms with van der Waals surface area (Å²) in [5.41, 5.74) is 5.23. The highest BCUT2D eigenvalue weighted by Crippen LogP contribution is 2.13. The first-order valence-corrected chi connectivity index (χ1v) is 9.21. The van der Waals surface area contributed by atoms with E-state index in [1.165, 1.54) is 22.3 Å². The Kier molecular flexibility index (Phi) is 16.4. The molecule has 0 radical (unpaired) electrons. The van der Waals surface area contributed by atoms with Gasteiger partial charge < -0.3 is 0 Å². The Hall–Kier alpha value is -1.22. The fraction of sp³-hybridized carbons (Fsp3) is 0.238. The van der Waals surface area contributed by atoms with Crippen molar-refractivity contribution in [3.8, 4) is 0 Å². The zero-order chi connectivity index (χ0) is 16.8. The van der Waals surface area contributed by atoms with Crippen molar-refractivity contribution in [3.63, 3.8) is 0 Å². The van der Waals surface area contributed by atoms with Gasteiger partial charge in [-0.2, -0.15) is 0 Å². The lowest BCUT2D eigenvalue weighted by Crippen LogP contribution is -1.75. The maximum absolute atomic E-state index is 2.61. The summed E-state index contributed by atoms with van der Waals surface area (Å²) in [5.74, 6) is 2.04. The van der Waals surface area contributed by atoms with Crippen molar-refractivity contribution in [3.05, 3.63) is 83.7 Å². The molecule has 0 spiro atoms. The van der Waals surface area contributed by atoms with E-state index < -0.39 is 0 Å². The van der Waals surface area contributed by atoms with E-state index in [0.29, 0.717) is 0 Å². The molecule has 2 aromatic rings. The molecule has 0 saturated heterocycles. The SMILES string of the molecule is C.CC(=CP)c1ccccc1.CC=C(C)c1ccccc1.CP. The molecule has 2 atom stereocenters. The lowest BCUT2D eigenvalue weighted by molar-refractivity contribution is 1.54. The Morgan fingerprint density at radius 3 is 1.39 bits per heavy atom. The predicted molar refractivity (Wildman–Crippen MR) is 118 cm³/mol. The molecule has 0 fully saturated rings. The monoisotopic (exact) mass is 346 g/mol. The van der Waals surface area contributed by atoms with Gasteiger partial charge in [0.2, 0.25) is 0 Å². The molecule has 0 nitrogen and oxygen atoms in total. The van der Waals surface area contributed by atoms with Crippen LogP contribution in [-0.2, 0) is 0 Å². The minimum Gasteiger partial charge on any atom is -0.141 e. The van der Waals surface area contributed by atoms with Crippen molar-refractivity contribution in [1.82, 2.24) is 0 Å². The average Bonchev–Trinajstić information content (AvgIpc) is 2.64. The summed E-state index contributed by atoms with van der Waals surface area (Å²) >= 11 is 0. The number of rotatable bonds is 2. The third kappa shape index (κ3) is 10.2. The summed E-state index contributed by atoms with van der Waals surface area (Å²) in [6.45, 7) is 8.19. The first-order valence-electron chi connectivity index (χ1n) is 7.39. The fourth-order valence-corrected chi connectivity index (χ4v) is 1.86. The molecule has 0 saturated carbocycles. The number of hydrogen-bond acceptors (Lipinski definition) is 0. The largest absolute Gasteiger partial charge is 0.141 e. The highest BCUT2D eigenvalue weighted by molar-refractivity contribution is 7.21. The minimum atomic E-state index is 0. The van der Waals surface area contributed by atoms with E-state index >= 15 is 0 Å². The second-order valence-corrected chi connectivity index (χ2v) is 4.89. The molecule has 0 aliphatic heterocycles. The van der Waals surface area contributed by atoms with Gasteiger partial charge in [-0.3, -0.25) is 0 Å². The van der Waals surface area contributed by atoms with E-state index in [-0.39, 0.29) is 7.43 Å². The molecule has 23 heavy (non-hydrogen) atoms. The van der Waals surface area contributed by atoms with Crippen LogP contribution in [0.3, 0.4) is 0 Å². The van der Waals surface area contributed by atoms with Crippen LogP contribution < -0.4 is 0 Å². The van der Waals surface area contributed by atoms with Gasteiger partial charge in [0.15, 0.2) is 0 Å².